The van der Waals surface area contributed by atoms with Crippen LogP contribution < -0.4 is 0 Å². The molecule has 2 aliphatic heterocycles. The van der Waals surface area contributed by atoms with Gasteiger partial charge in [0.25, 0.3) is 0 Å². The highest BCUT2D eigenvalue weighted by atomic mass is 35.5. The van der Waals surface area contributed by atoms with Gasteiger partial charge in [0.1, 0.15) is 22.7 Å². The van der Waals surface area contributed by atoms with Gasteiger partial charge in [-0.15, -0.1) is 12.4 Å². The molecule has 0 bridgehead atoms. The Hall–Kier alpha value is -1.17. The average molecular weight is 371 g/mol. The van der Waals surface area contributed by atoms with Gasteiger partial charge in [-0.1, -0.05) is 13.8 Å². The number of rotatable bonds is 6. The molecule has 0 amide bonds. The Morgan fingerprint density at radius 3 is 1.28 bits per heavy atom. The molecule has 0 aromatic rings. The number of halogens is 1. The van der Waals surface area contributed by atoms with E-state index in [2.05, 4.69) is 33.9 Å². The van der Waals surface area contributed by atoms with E-state index in [0.717, 1.165) is 64.7 Å². The van der Waals surface area contributed by atoms with Crippen LogP contribution in [0.25, 0.3) is 0 Å². The fraction of sp³-hybridized carbons (Fsp3) is 0.889. The third kappa shape index (κ3) is 4.72. The molecule has 2 unspecified atom stereocenters. The Kier molecular flexibility index (Phi) is 7.85. The van der Waals surface area contributed by atoms with E-state index >= 15 is 0 Å². The predicted octanol–water partition coefficient (Wildman–Crippen LogP) is 4.34. The summed E-state index contributed by atoms with van der Waals surface area (Å²) in [5, 5.41) is 26.5. The largest absolute Gasteiger partial charge is 0.358 e. The molecule has 0 aromatic carbocycles. The molecule has 2 heterocycles. The molecule has 2 aliphatic rings. The molecule has 2 saturated heterocycles. The summed E-state index contributed by atoms with van der Waals surface area (Å²) in [4.78, 5) is 4.27. The van der Waals surface area contributed by atoms with Crippen LogP contribution in [0.15, 0.2) is 10.2 Å². The van der Waals surface area contributed by atoms with Crippen molar-refractivity contribution in [1.29, 1.82) is 10.8 Å². The normalized spacial score (nSPS) is 22.6. The summed E-state index contributed by atoms with van der Waals surface area (Å²) in [5.74, 6) is 1.16. The number of amidine groups is 2. The maximum atomic E-state index is 8.59. The fourth-order valence-electron chi connectivity index (χ4n) is 3.35. The zero-order valence-corrected chi connectivity index (χ0v) is 17.1. The van der Waals surface area contributed by atoms with Crippen LogP contribution in [0.4, 0.5) is 0 Å². The van der Waals surface area contributed by atoms with E-state index < -0.39 is 11.1 Å². The molecular formula is C18H35ClN6. The van der Waals surface area contributed by atoms with Crippen molar-refractivity contribution < 1.29 is 0 Å². The Morgan fingerprint density at radius 2 is 1.04 bits per heavy atom. The number of nitrogens with one attached hydrogen (secondary N) is 2. The van der Waals surface area contributed by atoms with Gasteiger partial charge in [0.2, 0.25) is 0 Å². The molecule has 0 radical (unpaired) electrons. The van der Waals surface area contributed by atoms with E-state index in [9.17, 15) is 0 Å². The molecule has 0 aliphatic carbocycles. The van der Waals surface area contributed by atoms with Crippen molar-refractivity contribution >= 4 is 24.1 Å². The van der Waals surface area contributed by atoms with Crippen LogP contribution in [0, 0.1) is 10.8 Å². The zero-order valence-electron chi connectivity index (χ0n) is 16.3. The van der Waals surface area contributed by atoms with Crippen LogP contribution >= 0.6 is 12.4 Å². The summed E-state index contributed by atoms with van der Waals surface area (Å²) >= 11 is 0. The molecule has 25 heavy (non-hydrogen) atoms. The molecule has 0 spiro atoms. The first kappa shape index (κ1) is 21.9. The first-order valence-electron chi connectivity index (χ1n) is 9.48. The van der Waals surface area contributed by atoms with Crippen molar-refractivity contribution in [2.45, 2.75) is 77.3 Å². The lowest BCUT2D eigenvalue weighted by atomic mass is 9.96. The van der Waals surface area contributed by atoms with Crippen molar-refractivity contribution in [1.82, 2.24) is 9.80 Å². The average Bonchev–Trinajstić information content (AvgIpc) is 3.31. The Morgan fingerprint density at radius 1 is 0.760 bits per heavy atom. The standard InChI is InChI=1S/C18H34N6.ClH/c1-5-17(3,15(19)23-11-7-8-12-23)21-22-18(4,6-2)16(20)24-13-9-10-14-24;/h19-20H,5-14H2,1-4H3;1H. The highest BCUT2D eigenvalue weighted by Gasteiger charge is 2.37. The number of hydrogen-bond donors (Lipinski definition) is 2. The highest BCUT2D eigenvalue weighted by Crippen LogP contribution is 2.27. The number of hydrogen-bond acceptors (Lipinski definition) is 4. The summed E-state index contributed by atoms with van der Waals surface area (Å²) in [6.07, 6.45) is 6.14. The minimum absolute atomic E-state index is 0. The predicted molar refractivity (Wildman–Crippen MR) is 107 cm³/mol. The lowest BCUT2D eigenvalue weighted by Gasteiger charge is -2.34. The summed E-state index contributed by atoms with van der Waals surface area (Å²) in [6.45, 7) is 12.0. The molecule has 2 rings (SSSR count). The smallest absolute Gasteiger partial charge is 0.135 e. The highest BCUT2D eigenvalue weighted by molar-refractivity contribution is 5.90. The topological polar surface area (TPSA) is 78.9 Å². The fourth-order valence-corrected chi connectivity index (χ4v) is 3.35. The molecular weight excluding hydrogens is 336 g/mol. The molecule has 2 atom stereocenters. The number of likely N-dealkylation sites (tertiary alicyclic amines) is 2. The Bertz CT molecular complexity index is 452. The van der Waals surface area contributed by atoms with E-state index in [0.29, 0.717) is 11.7 Å². The summed E-state index contributed by atoms with van der Waals surface area (Å²) in [7, 11) is 0. The quantitative estimate of drug-likeness (QED) is 0.414. The number of azo groups is 1. The van der Waals surface area contributed by atoms with E-state index in [1.54, 1.807) is 0 Å². The molecule has 2 N–H and O–H groups in total. The zero-order chi connectivity index (χ0) is 17.8. The van der Waals surface area contributed by atoms with E-state index in [4.69, 9.17) is 10.8 Å². The summed E-state index contributed by atoms with van der Waals surface area (Å²) in [6, 6.07) is 0. The SMILES string of the molecule is CCC(C)(N=NC(C)(CC)C(=N)N1CCCC1)C(=N)N1CCCC1.Cl. The van der Waals surface area contributed by atoms with Gasteiger partial charge in [0, 0.05) is 26.2 Å². The van der Waals surface area contributed by atoms with Crippen LogP contribution in [0.3, 0.4) is 0 Å². The van der Waals surface area contributed by atoms with E-state index in [1.165, 1.54) is 0 Å². The second-order valence-corrected chi connectivity index (χ2v) is 7.54. The van der Waals surface area contributed by atoms with Gasteiger partial charge in [0.05, 0.1) is 0 Å². The van der Waals surface area contributed by atoms with Crippen molar-refractivity contribution in [2.75, 3.05) is 26.2 Å². The van der Waals surface area contributed by atoms with Gasteiger partial charge in [-0.3, -0.25) is 10.8 Å². The molecule has 2 fully saturated rings. The van der Waals surface area contributed by atoms with E-state index in [-0.39, 0.29) is 12.4 Å². The molecule has 144 valence electrons. The van der Waals surface area contributed by atoms with Crippen molar-refractivity contribution in [2.24, 2.45) is 10.2 Å². The number of nitrogens with zero attached hydrogens (tertiary/aromatic N) is 4. The molecule has 7 heteroatoms. The van der Waals surface area contributed by atoms with Gasteiger partial charge in [-0.25, -0.2) is 0 Å². The first-order valence-corrected chi connectivity index (χ1v) is 9.48. The Labute approximate surface area is 158 Å². The molecule has 0 aromatic heterocycles. The van der Waals surface area contributed by atoms with Gasteiger partial charge < -0.3 is 9.80 Å². The maximum absolute atomic E-state index is 8.59. The third-order valence-electron chi connectivity index (χ3n) is 5.73. The monoisotopic (exact) mass is 370 g/mol. The lowest BCUT2D eigenvalue weighted by Crippen LogP contribution is -2.46. The Balaban J connectivity index is 0.00000312. The molecule has 0 saturated carbocycles. The van der Waals surface area contributed by atoms with Crippen LogP contribution in [0.1, 0.15) is 66.2 Å². The summed E-state index contributed by atoms with van der Waals surface area (Å²) in [5.41, 5.74) is -1.18. The van der Waals surface area contributed by atoms with Crippen molar-refractivity contribution in [3.8, 4) is 0 Å². The third-order valence-corrected chi connectivity index (χ3v) is 5.73. The second kappa shape index (κ2) is 8.97. The lowest BCUT2D eigenvalue weighted by molar-refractivity contribution is 0.400. The van der Waals surface area contributed by atoms with Gasteiger partial charge in [-0.2, -0.15) is 10.2 Å². The van der Waals surface area contributed by atoms with Gasteiger partial charge in [-0.05, 0) is 52.4 Å². The van der Waals surface area contributed by atoms with Crippen LogP contribution in [-0.4, -0.2) is 58.7 Å². The van der Waals surface area contributed by atoms with Gasteiger partial charge in [0.15, 0.2) is 0 Å². The van der Waals surface area contributed by atoms with Crippen LogP contribution in [0.5, 0.6) is 0 Å². The van der Waals surface area contributed by atoms with Gasteiger partial charge >= 0.3 is 0 Å². The first-order chi connectivity index (χ1) is 11.4. The minimum Gasteiger partial charge on any atom is -0.358 e. The van der Waals surface area contributed by atoms with Crippen molar-refractivity contribution in [3.05, 3.63) is 0 Å². The minimum atomic E-state index is -0.591. The maximum Gasteiger partial charge on any atom is 0.135 e. The van der Waals surface area contributed by atoms with E-state index in [1.807, 2.05) is 13.8 Å². The van der Waals surface area contributed by atoms with Crippen LogP contribution in [-0.2, 0) is 0 Å². The molecule has 6 nitrogen and oxygen atoms in total. The van der Waals surface area contributed by atoms with Crippen molar-refractivity contribution in [3.63, 3.8) is 0 Å². The summed E-state index contributed by atoms with van der Waals surface area (Å²) < 4.78 is 0. The van der Waals surface area contributed by atoms with Crippen LogP contribution in [0.2, 0.25) is 0 Å². The second-order valence-electron chi connectivity index (χ2n) is 7.54.